The highest BCUT2D eigenvalue weighted by Gasteiger charge is 2.31. The van der Waals surface area contributed by atoms with Crippen molar-refractivity contribution in [2.24, 2.45) is 10.9 Å². The van der Waals surface area contributed by atoms with Gasteiger partial charge in [0.25, 0.3) is 0 Å². The van der Waals surface area contributed by atoms with Gasteiger partial charge in [-0.1, -0.05) is 37.3 Å². The highest BCUT2D eigenvalue weighted by atomic mass is 127. The summed E-state index contributed by atoms with van der Waals surface area (Å²) in [5.41, 5.74) is 1.40. The number of likely N-dealkylation sites (tertiary alicyclic amines) is 2. The molecule has 1 aromatic rings. The Kier molecular flexibility index (Phi) is 12.3. The predicted molar refractivity (Wildman–Crippen MR) is 145 cm³/mol. The van der Waals surface area contributed by atoms with Crippen molar-refractivity contribution in [3.05, 3.63) is 35.9 Å². The van der Waals surface area contributed by atoms with Crippen LogP contribution in [0.2, 0.25) is 0 Å². The zero-order valence-electron chi connectivity index (χ0n) is 20.4. The van der Waals surface area contributed by atoms with Gasteiger partial charge < -0.3 is 15.4 Å². The zero-order valence-corrected chi connectivity index (χ0v) is 22.8. The van der Waals surface area contributed by atoms with Crippen LogP contribution < -0.4 is 10.6 Å². The van der Waals surface area contributed by atoms with Gasteiger partial charge in [-0.3, -0.25) is 14.8 Å². The van der Waals surface area contributed by atoms with Crippen LogP contribution in [-0.4, -0.2) is 80.3 Å². The Morgan fingerprint density at radius 3 is 2.50 bits per heavy atom. The lowest BCUT2D eigenvalue weighted by atomic mass is 10.1. The van der Waals surface area contributed by atoms with Crippen molar-refractivity contribution in [2.45, 2.75) is 64.8 Å². The van der Waals surface area contributed by atoms with E-state index < -0.39 is 0 Å². The van der Waals surface area contributed by atoms with Gasteiger partial charge in [0.1, 0.15) is 0 Å². The van der Waals surface area contributed by atoms with Crippen LogP contribution in [0.5, 0.6) is 0 Å². The number of nitrogens with one attached hydrogen (secondary N) is 2. The number of aliphatic imine (C=N–C) groups is 1. The van der Waals surface area contributed by atoms with E-state index in [2.05, 4.69) is 76.5 Å². The first-order valence-electron chi connectivity index (χ1n) is 12.1. The Balaban J connectivity index is 0.00000363. The molecular formula is C25H44IN5O. The highest BCUT2D eigenvalue weighted by Crippen LogP contribution is 2.19. The fraction of sp³-hybridized carbons (Fsp3) is 0.720. The van der Waals surface area contributed by atoms with E-state index in [-0.39, 0.29) is 24.0 Å². The van der Waals surface area contributed by atoms with Crippen LogP contribution in [-0.2, 0) is 11.3 Å². The van der Waals surface area contributed by atoms with E-state index >= 15 is 0 Å². The minimum Gasteiger partial charge on any atom is -0.378 e. The molecule has 2 fully saturated rings. The number of guanidine groups is 1. The van der Waals surface area contributed by atoms with Crippen molar-refractivity contribution in [3.63, 3.8) is 0 Å². The fourth-order valence-electron chi connectivity index (χ4n) is 4.59. The van der Waals surface area contributed by atoms with Crippen molar-refractivity contribution in [3.8, 4) is 0 Å². The maximum Gasteiger partial charge on any atom is 0.191 e. The van der Waals surface area contributed by atoms with E-state index in [9.17, 15) is 0 Å². The minimum atomic E-state index is 0. The van der Waals surface area contributed by atoms with Crippen molar-refractivity contribution < 1.29 is 4.74 Å². The van der Waals surface area contributed by atoms with Crippen LogP contribution in [0.25, 0.3) is 0 Å². The summed E-state index contributed by atoms with van der Waals surface area (Å²) >= 11 is 0. The Morgan fingerprint density at radius 2 is 1.88 bits per heavy atom. The van der Waals surface area contributed by atoms with Crippen molar-refractivity contribution in [1.82, 2.24) is 20.4 Å². The van der Waals surface area contributed by atoms with E-state index in [0.717, 1.165) is 71.1 Å². The predicted octanol–water partition coefficient (Wildman–Crippen LogP) is 3.57. The number of rotatable bonds is 9. The van der Waals surface area contributed by atoms with Gasteiger partial charge in [-0.25, -0.2) is 0 Å². The Morgan fingerprint density at radius 1 is 1.16 bits per heavy atom. The molecule has 0 aromatic heterocycles. The average Bonchev–Trinajstić information content (AvgIpc) is 3.15. The molecule has 2 aliphatic heterocycles. The summed E-state index contributed by atoms with van der Waals surface area (Å²) in [4.78, 5) is 9.49. The SMILES string of the molecule is CN=C(NCCCOC1CCN(Cc2ccccc2)CC1)NC1CN(C(C)C)CC1C.I. The summed E-state index contributed by atoms with van der Waals surface area (Å²) in [6.07, 6.45) is 3.68. The van der Waals surface area contributed by atoms with E-state index in [0.29, 0.717) is 24.1 Å². The largest absolute Gasteiger partial charge is 0.378 e. The molecule has 0 bridgehead atoms. The number of ether oxygens (including phenoxy) is 1. The van der Waals surface area contributed by atoms with Crippen molar-refractivity contribution in [2.75, 3.05) is 46.4 Å². The average molecular weight is 558 g/mol. The molecule has 6 nitrogen and oxygen atoms in total. The topological polar surface area (TPSA) is 52.1 Å². The normalized spacial score (nSPS) is 23.3. The van der Waals surface area contributed by atoms with Crippen LogP contribution in [0.3, 0.4) is 0 Å². The summed E-state index contributed by atoms with van der Waals surface area (Å²) in [5.74, 6) is 1.55. The first kappa shape index (κ1) is 27.3. The summed E-state index contributed by atoms with van der Waals surface area (Å²) in [6.45, 7) is 14.1. The Bertz CT molecular complexity index is 664. The van der Waals surface area contributed by atoms with Crippen molar-refractivity contribution >= 4 is 29.9 Å². The van der Waals surface area contributed by atoms with E-state index in [1.165, 1.54) is 5.56 Å². The summed E-state index contributed by atoms with van der Waals surface area (Å²) < 4.78 is 6.15. The number of piperidine rings is 1. The smallest absolute Gasteiger partial charge is 0.191 e. The molecule has 2 heterocycles. The molecule has 2 atom stereocenters. The maximum absolute atomic E-state index is 6.15. The molecule has 2 N–H and O–H groups in total. The van der Waals surface area contributed by atoms with Crippen LogP contribution in [0.15, 0.2) is 35.3 Å². The first-order chi connectivity index (χ1) is 15.0. The third-order valence-corrected chi connectivity index (χ3v) is 6.67. The highest BCUT2D eigenvalue weighted by molar-refractivity contribution is 14.0. The van der Waals surface area contributed by atoms with E-state index in [1.54, 1.807) is 0 Å². The molecule has 2 saturated heterocycles. The molecule has 182 valence electrons. The van der Waals surface area contributed by atoms with Gasteiger partial charge in [0.15, 0.2) is 5.96 Å². The summed E-state index contributed by atoms with van der Waals surface area (Å²) in [5, 5.41) is 7.08. The van der Waals surface area contributed by atoms with Gasteiger partial charge in [0, 0.05) is 65.0 Å². The van der Waals surface area contributed by atoms with Gasteiger partial charge in [-0.15, -0.1) is 24.0 Å². The quantitative estimate of drug-likeness (QED) is 0.211. The molecule has 0 amide bonds. The number of benzene rings is 1. The summed E-state index contributed by atoms with van der Waals surface area (Å²) in [6, 6.07) is 11.8. The molecule has 2 aliphatic rings. The molecule has 3 rings (SSSR count). The monoisotopic (exact) mass is 557 g/mol. The molecule has 7 heteroatoms. The van der Waals surface area contributed by atoms with Gasteiger partial charge in [0.2, 0.25) is 0 Å². The second-order valence-corrected chi connectivity index (χ2v) is 9.46. The number of hydrogen-bond donors (Lipinski definition) is 2. The second-order valence-electron chi connectivity index (χ2n) is 9.46. The van der Waals surface area contributed by atoms with Gasteiger partial charge in [-0.05, 0) is 44.6 Å². The number of hydrogen-bond acceptors (Lipinski definition) is 4. The van der Waals surface area contributed by atoms with Crippen LogP contribution in [0.1, 0.15) is 45.6 Å². The molecule has 32 heavy (non-hydrogen) atoms. The first-order valence-corrected chi connectivity index (χ1v) is 12.1. The molecule has 2 unspecified atom stereocenters. The molecule has 0 radical (unpaired) electrons. The lowest BCUT2D eigenvalue weighted by molar-refractivity contribution is 0.00534. The lowest BCUT2D eigenvalue weighted by Crippen LogP contribution is -2.47. The summed E-state index contributed by atoms with van der Waals surface area (Å²) in [7, 11) is 1.86. The standard InChI is InChI=1S/C25H43N5O.HI/c1-20(2)30-17-21(3)24(19-30)28-25(26-4)27-13-8-16-31-23-11-14-29(15-12-23)18-22-9-6-5-7-10-22;/h5-7,9-10,20-21,23-24H,8,11-19H2,1-4H3,(H2,26,27,28);1H. The number of nitrogens with zero attached hydrogens (tertiary/aromatic N) is 3. The zero-order chi connectivity index (χ0) is 22.1. The van der Waals surface area contributed by atoms with Crippen molar-refractivity contribution in [1.29, 1.82) is 0 Å². The Labute approximate surface area is 212 Å². The maximum atomic E-state index is 6.15. The molecular weight excluding hydrogens is 513 g/mol. The Hall–Kier alpha value is -0.900. The van der Waals surface area contributed by atoms with Gasteiger partial charge in [0.05, 0.1) is 6.10 Å². The number of halogens is 1. The third-order valence-electron chi connectivity index (χ3n) is 6.67. The molecule has 0 spiro atoms. The van der Waals surface area contributed by atoms with Gasteiger partial charge in [-0.2, -0.15) is 0 Å². The third kappa shape index (κ3) is 8.80. The van der Waals surface area contributed by atoms with Crippen LogP contribution >= 0.6 is 24.0 Å². The fourth-order valence-corrected chi connectivity index (χ4v) is 4.59. The minimum absolute atomic E-state index is 0. The molecule has 0 saturated carbocycles. The van der Waals surface area contributed by atoms with E-state index in [1.807, 2.05) is 7.05 Å². The lowest BCUT2D eigenvalue weighted by Gasteiger charge is -2.32. The molecule has 0 aliphatic carbocycles. The van der Waals surface area contributed by atoms with Crippen LogP contribution in [0.4, 0.5) is 0 Å². The van der Waals surface area contributed by atoms with E-state index in [4.69, 9.17) is 4.74 Å². The van der Waals surface area contributed by atoms with Crippen LogP contribution in [0, 0.1) is 5.92 Å². The second kappa shape index (κ2) is 14.4. The molecule has 1 aromatic carbocycles. The van der Waals surface area contributed by atoms with Gasteiger partial charge >= 0.3 is 0 Å².